The molecule has 29 heavy (non-hydrogen) atoms. The molecule has 3 saturated heterocycles. The van der Waals surface area contributed by atoms with Crippen molar-refractivity contribution in [2.24, 2.45) is 16.7 Å². The second-order valence-electron chi connectivity index (χ2n) is 6.93. The van der Waals surface area contributed by atoms with E-state index in [1.807, 2.05) is 0 Å². The van der Waals surface area contributed by atoms with Gasteiger partial charge in [0.2, 0.25) is 0 Å². The van der Waals surface area contributed by atoms with Crippen LogP contribution >= 0.6 is 0 Å². The summed E-state index contributed by atoms with van der Waals surface area (Å²) < 4.78 is 34.9. The first-order valence-corrected chi connectivity index (χ1v) is 10.3. The lowest BCUT2D eigenvalue weighted by Crippen LogP contribution is -2.50. The van der Waals surface area contributed by atoms with Gasteiger partial charge in [-0.15, -0.1) is 4.28 Å². The van der Waals surface area contributed by atoms with Crippen molar-refractivity contribution >= 4 is 28.7 Å². The number of carbonyl (C=O) groups excluding carboxylic acids is 2. The van der Waals surface area contributed by atoms with Gasteiger partial charge in [0.25, 0.3) is 5.91 Å². The second-order valence-corrected chi connectivity index (χ2v) is 7.93. The molecule has 0 saturated carbocycles. The highest BCUT2D eigenvalue weighted by molar-refractivity contribution is 7.80. The first-order valence-electron chi connectivity index (χ1n) is 8.89. The van der Waals surface area contributed by atoms with Crippen molar-refractivity contribution in [2.45, 2.75) is 43.4 Å². The Balaban J connectivity index is 1.46. The number of hydrogen-bond acceptors (Lipinski definition) is 10. The summed E-state index contributed by atoms with van der Waals surface area (Å²) in [4.78, 5) is 31.2. The van der Waals surface area contributed by atoms with Gasteiger partial charge in [-0.2, -0.15) is 18.6 Å². The Kier molecular flexibility index (Phi) is 6.39. The van der Waals surface area contributed by atoms with Crippen molar-refractivity contribution in [1.29, 1.82) is 0 Å². The Morgan fingerprint density at radius 2 is 2.24 bits per heavy atom. The molecule has 2 bridgehead atoms. The average Bonchev–Trinajstić information content (AvgIpc) is 3.21. The van der Waals surface area contributed by atoms with Gasteiger partial charge in [-0.1, -0.05) is 0 Å². The first kappa shape index (κ1) is 21.5. The first-order chi connectivity index (χ1) is 13.7. The van der Waals surface area contributed by atoms with E-state index in [0.717, 1.165) is 6.34 Å². The number of nitrogens with two attached hydrogens (primary N) is 2. The van der Waals surface area contributed by atoms with Gasteiger partial charge in [0.1, 0.15) is 12.4 Å². The fourth-order valence-corrected chi connectivity index (χ4v) is 4.07. The van der Waals surface area contributed by atoms with Crippen LogP contribution in [0.3, 0.4) is 0 Å². The van der Waals surface area contributed by atoms with Crippen molar-refractivity contribution in [3.8, 4) is 0 Å². The maximum Gasteiger partial charge on any atom is 0.418 e. The second kappa shape index (κ2) is 8.64. The fraction of sp³-hybridized carbons (Fsp3) is 0.769. The number of carbonyl (C=O) groups is 2. The SMILES string of the molecule is N/C=N\N(N)[C@@H]1CN[C@@H](CONC(=O)[C@@H]2CC[C@H]3CN2C(=O)N3OS(=O)(=O)O)C1. The Bertz CT molecular complexity index is 764. The predicted molar refractivity (Wildman–Crippen MR) is 96.4 cm³/mol. The number of nitrogens with one attached hydrogen (secondary N) is 2. The molecule has 0 aromatic carbocycles. The molecule has 4 atom stereocenters. The summed E-state index contributed by atoms with van der Waals surface area (Å²) in [5.41, 5.74) is 7.52. The largest absolute Gasteiger partial charge is 0.418 e. The van der Waals surface area contributed by atoms with Gasteiger partial charge < -0.3 is 16.0 Å². The summed E-state index contributed by atoms with van der Waals surface area (Å²) in [7, 11) is -4.84. The third kappa shape index (κ3) is 5.03. The number of hydrazone groups is 1. The van der Waals surface area contributed by atoms with E-state index in [1.54, 1.807) is 0 Å². The van der Waals surface area contributed by atoms with Crippen LogP contribution in [0.2, 0.25) is 0 Å². The Morgan fingerprint density at radius 3 is 2.93 bits per heavy atom. The van der Waals surface area contributed by atoms with Crippen LogP contribution in [0, 0.1) is 0 Å². The minimum Gasteiger partial charge on any atom is -0.388 e. The summed E-state index contributed by atoms with van der Waals surface area (Å²) in [6.45, 7) is 0.849. The van der Waals surface area contributed by atoms with Crippen molar-refractivity contribution < 1.29 is 31.7 Å². The molecule has 15 nitrogen and oxygen atoms in total. The number of piperidine rings is 1. The number of amides is 3. The zero-order valence-corrected chi connectivity index (χ0v) is 16.2. The molecule has 3 rings (SSSR count). The summed E-state index contributed by atoms with van der Waals surface area (Å²) in [5, 5.41) is 8.79. The molecule has 3 aliphatic rings. The van der Waals surface area contributed by atoms with Gasteiger partial charge in [0, 0.05) is 19.1 Å². The van der Waals surface area contributed by atoms with Gasteiger partial charge in [-0.05, 0) is 19.3 Å². The summed E-state index contributed by atoms with van der Waals surface area (Å²) in [6, 6.07) is -2.34. The van der Waals surface area contributed by atoms with Gasteiger partial charge in [-0.3, -0.25) is 14.2 Å². The van der Waals surface area contributed by atoms with Crippen LogP contribution in [0.25, 0.3) is 0 Å². The minimum absolute atomic E-state index is 0.0645. The van der Waals surface area contributed by atoms with E-state index in [2.05, 4.69) is 20.2 Å². The monoisotopic (exact) mass is 436 g/mol. The van der Waals surface area contributed by atoms with E-state index in [4.69, 9.17) is 21.0 Å². The van der Waals surface area contributed by atoms with E-state index in [-0.39, 0.29) is 25.2 Å². The van der Waals surface area contributed by atoms with E-state index >= 15 is 0 Å². The third-order valence-corrected chi connectivity index (χ3v) is 5.38. The molecule has 0 radical (unpaired) electrons. The van der Waals surface area contributed by atoms with Crippen molar-refractivity contribution in [3.05, 3.63) is 0 Å². The van der Waals surface area contributed by atoms with Crippen LogP contribution in [-0.2, 0) is 24.3 Å². The van der Waals surface area contributed by atoms with E-state index in [0.29, 0.717) is 30.9 Å². The maximum absolute atomic E-state index is 12.4. The molecule has 0 aromatic heterocycles. The van der Waals surface area contributed by atoms with Crippen LogP contribution in [0.5, 0.6) is 0 Å². The van der Waals surface area contributed by atoms with Gasteiger partial charge in [-0.25, -0.2) is 21.2 Å². The molecule has 16 heteroatoms. The highest BCUT2D eigenvalue weighted by Crippen LogP contribution is 2.30. The lowest BCUT2D eigenvalue weighted by Gasteiger charge is -2.29. The van der Waals surface area contributed by atoms with Gasteiger partial charge >= 0.3 is 16.4 Å². The van der Waals surface area contributed by atoms with E-state index in [9.17, 15) is 18.0 Å². The molecule has 0 aliphatic carbocycles. The molecule has 0 aromatic rings. The summed E-state index contributed by atoms with van der Waals surface area (Å²) >= 11 is 0. The van der Waals surface area contributed by atoms with Gasteiger partial charge in [0.05, 0.1) is 18.7 Å². The quantitative estimate of drug-likeness (QED) is 0.0844. The average molecular weight is 436 g/mol. The van der Waals surface area contributed by atoms with Crippen molar-refractivity contribution in [1.82, 2.24) is 25.9 Å². The van der Waals surface area contributed by atoms with Crippen LogP contribution in [-0.4, -0.2) is 90.2 Å². The molecule has 3 heterocycles. The third-order valence-electron chi connectivity index (χ3n) is 5.03. The fourth-order valence-electron chi connectivity index (χ4n) is 3.68. The molecule has 7 N–H and O–H groups in total. The number of nitrogens with zero attached hydrogens (tertiary/aromatic N) is 4. The lowest BCUT2D eigenvalue weighted by molar-refractivity contribution is -0.139. The summed E-state index contributed by atoms with van der Waals surface area (Å²) in [6.07, 6.45) is 2.34. The predicted octanol–water partition coefficient (Wildman–Crippen LogP) is -3.15. The standard InChI is InChI=1S/C13H24N8O7S/c14-7-17-21(15)10-3-8(16-4-10)6-27-18-12(22)11-2-1-9-5-19(11)13(23)20(9)28-29(24,25)26/h7-11,16H,1-6,15H2,(H2,14,17)(H,18,22)(H,24,25,26)/t8-,9+,10+,11+/m1/s1. The molecule has 3 fully saturated rings. The summed E-state index contributed by atoms with van der Waals surface area (Å²) in [5.74, 6) is 5.19. The molecule has 0 unspecified atom stereocenters. The maximum atomic E-state index is 12.4. The Hall–Kier alpha value is -2.24. The molecule has 3 aliphatic heterocycles. The van der Waals surface area contributed by atoms with Crippen molar-refractivity contribution in [3.63, 3.8) is 0 Å². The number of fused-ring (bicyclic) bond motifs is 2. The van der Waals surface area contributed by atoms with E-state index < -0.39 is 34.4 Å². The molecule has 0 spiro atoms. The normalized spacial score (nSPS) is 29.7. The molecule has 3 amide bonds. The number of urea groups is 1. The van der Waals surface area contributed by atoms with Crippen LogP contribution in [0.15, 0.2) is 5.10 Å². The zero-order valence-electron chi connectivity index (χ0n) is 15.4. The van der Waals surface area contributed by atoms with Crippen LogP contribution in [0.4, 0.5) is 4.79 Å². The minimum atomic E-state index is -4.84. The smallest absolute Gasteiger partial charge is 0.388 e. The molecular weight excluding hydrogens is 412 g/mol. The number of rotatable bonds is 8. The highest BCUT2D eigenvalue weighted by atomic mass is 32.3. The number of hydrazine groups is 1. The van der Waals surface area contributed by atoms with E-state index in [1.165, 1.54) is 10.0 Å². The van der Waals surface area contributed by atoms with Crippen molar-refractivity contribution in [2.75, 3.05) is 19.7 Å². The van der Waals surface area contributed by atoms with Crippen LogP contribution in [0.1, 0.15) is 19.3 Å². The number of hydroxylamine groups is 3. The molecular formula is C13H24N8O7S. The van der Waals surface area contributed by atoms with Gasteiger partial charge in [0.15, 0.2) is 0 Å². The topological polar surface area (TPSA) is 205 Å². The van der Waals surface area contributed by atoms with Crippen LogP contribution < -0.4 is 22.4 Å². The molecule has 164 valence electrons. The Labute approximate surface area is 166 Å². The lowest BCUT2D eigenvalue weighted by atomic mass is 10.0. The number of hydrogen-bond donors (Lipinski definition) is 5. The zero-order chi connectivity index (χ0) is 21.2. The Morgan fingerprint density at radius 1 is 1.48 bits per heavy atom. The highest BCUT2D eigenvalue weighted by Gasteiger charge is 2.49.